The second-order valence-corrected chi connectivity index (χ2v) is 10.3. The van der Waals surface area contributed by atoms with Gasteiger partial charge in [0.2, 0.25) is 0 Å². The van der Waals surface area contributed by atoms with Crippen LogP contribution in [-0.2, 0) is 5.75 Å². The third-order valence-corrected chi connectivity index (χ3v) is 7.69. The fourth-order valence-corrected chi connectivity index (χ4v) is 5.95. The number of hydrogen-bond acceptors (Lipinski definition) is 6. The number of H-pyrrole nitrogens is 1. The van der Waals surface area contributed by atoms with Gasteiger partial charge < -0.3 is 4.98 Å². The minimum atomic E-state index is -0.129. The van der Waals surface area contributed by atoms with E-state index < -0.39 is 0 Å². The van der Waals surface area contributed by atoms with Crippen LogP contribution in [0.1, 0.15) is 27.4 Å². The third-order valence-electron chi connectivity index (χ3n) is 5.64. The van der Waals surface area contributed by atoms with E-state index in [1.165, 1.54) is 23.1 Å². The van der Waals surface area contributed by atoms with E-state index in [4.69, 9.17) is 4.98 Å². The van der Waals surface area contributed by atoms with Crippen molar-refractivity contribution in [1.29, 1.82) is 0 Å². The Labute approximate surface area is 198 Å². The zero-order chi connectivity index (χ0) is 23.3. The number of thiophene rings is 1. The van der Waals surface area contributed by atoms with Crippen LogP contribution in [0.3, 0.4) is 0 Å². The summed E-state index contributed by atoms with van der Waals surface area (Å²) in [6.07, 6.45) is 0. The monoisotopic (exact) mass is 474 g/mol. The fraction of sp³-hybridized carbons (Fsp3) is 0.200. The number of para-hydroxylation sites is 1. The molecular formula is C25H22N4O2S2. The molecule has 0 saturated carbocycles. The number of rotatable bonds is 4. The largest absolute Gasteiger partial charge is 0.309 e. The van der Waals surface area contributed by atoms with Crippen molar-refractivity contribution in [2.75, 3.05) is 0 Å². The number of aromatic amines is 1. The van der Waals surface area contributed by atoms with E-state index in [2.05, 4.69) is 16.0 Å². The molecule has 0 unspecified atom stereocenters. The highest BCUT2D eigenvalue weighted by Crippen LogP contribution is 2.28. The van der Waals surface area contributed by atoms with Gasteiger partial charge in [0.25, 0.3) is 11.1 Å². The van der Waals surface area contributed by atoms with Gasteiger partial charge in [-0.25, -0.2) is 9.97 Å². The molecule has 0 aliphatic carbocycles. The van der Waals surface area contributed by atoms with Gasteiger partial charge in [-0.05, 0) is 68.7 Å². The van der Waals surface area contributed by atoms with E-state index in [0.29, 0.717) is 33.0 Å². The highest BCUT2D eigenvalue weighted by atomic mass is 32.2. The van der Waals surface area contributed by atoms with Gasteiger partial charge in [0.05, 0.1) is 27.7 Å². The number of benzene rings is 2. The van der Waals surface area contributed by atoms with Gasteiger partial charge in [-0.2, -0.15) is 0 Å². The molecule has 0 atom stereocenters. The Morgan fingerprint density at radius 1 is 1.00 bits per heavy atom. The molecule has 3 heterocycles. The molecule has 0 aliphatic heterocycles. The summed E-state index contributed by atoms with van der Waals surface area (Å²) in [5.74, 6) is 0.949. The number of hydrogen-bond donors (Lipinski definition) is 1. The van der Waals surface area contributed by atoms with E-state index in [9.17, 15) is 9.59 Å². The molecule has 0 bridgehead atoms. The number of nitrogens with one attached hydrogen (secondary N) is 1. The Kier molecular flexibility index (Phi) is 5.42. The van der Waals surface area contributed by atoms with Crippen LogP contribution in [0.5, 0.6) is 0 Å². The van der Waals surface area contributed by atoms with Crippen LogP contribution >= 0.6 is 23.1 Å². The van der Waals surface area contributed by atoms with E-state index in [1.807, 2.05) is 58.0 Å². The maximum absolute atomic E-state index is 13.5. The lowest BCUT2D eigenvalue weighted by molar-refractivity contribution is 0.816. The third kappa shape index (κ3) is 3.89. The predicted octanol–water partition coefficient (Wildman–Crippen LogP) is 5.21. The van der Waals surface area contributed by atoms with Crippen LogP contribution in [0.4, 0.5) is 0 Å². The lowest BCUT2D eigenvalue weighted by atomic mass is 10.1. The van der Waals surface area contributed by atoms with Crippen LogP contribution in [0, 0.1) is 27.7 Å². The number of fused-ring (bicyclic) bond motifs is 2. The Morgan fingerprint density at radius 3 is 2.48 bits per heavy atom. The molecule has 0 fully saturated rings. The molecular weight excluding hydrogens is 452 g/mol. The maximum Gasteiger partial charge on any atom is 0.266 e. The highest BCUT2D eigenvalue weighted by Gasteiger charge is 2.16. The summed E-state index contributed by atoms with van der Waals surface area (Å²) >= 11 is 2.91. The van der Waals surface area contributed by atoms with Crippen molar-refractivity contribution in [2.45, 2.75) is 38.6 Å². The van der Waals surface area contributed by atoms with Crippen LogP contribution in [0.2, 0.25) is 0 Å². The molecule has 1 N–H and O–H groups in total. The first-order valence-corrected chi connectivity index (χ1v) is 12.3. The topological polar surface area (TPSA) is 80.6 Å². The van der Waals surface area contributed by atoms with Crippen molar-refractivity contribution < 1.29 is 0 Å². The molecule has 8 heteroatoms. The lowest BCUT2D eigenvalue weighted by Gasteiger charge is -2.14. The van der Waals surface area contributed by atoms with Gasteiger partial charge in [0.15, 0.2) is 5.16 Å². The zero-order valence-corrected chi connectivity index (χ0v) is 20.4. The Bertz CT molecular complexity index is 1640. The smallest absolute Gasteiger partial charge is 0.266 e. The van der Waals surface area contributed by atoms with Gasteiger partial charge >= 0.3 is 0 Å². The van der Waals surface area contributed by atoms with Crippen molar-refractivity contribution in [3.05, 3.63) is 90.6 Å². The Morgan fingerprint density at radius 2 is 1.73 bits per heavy atom. The normalized spacial score (nSPS) is 11.5. The number of aromatic nitrogens is 4. The molecule has 6 nitrogen and oxygen atoms in total. The quantitative estimate of drug-likeness (QED) is 0.286. The summed E-state index contributed by atoms with van der Waals surface area (Å²) in [6, 6.07) is 13.4. The highest BCUT2D eigenvalue weighted by molar-refractivity contribution is 7.98. The van der Waals surface area contributed by atoms with E-state index in [-0.39, 0.29) is 11.1 Å². The summed E-state index contributed by atoms with van der Waals surface area (Å²) < 4.78 is 1.66. The maximum atomic E-state index is 13.5. The number of aryl methyl sites for hydroxylation is 4. The van der Waals surface area contributed by atoms with Crippen molar-refractivity contribution >= 4 is 44.2 Å². The Hall–Kier alpha value is -3.23. The first-order valence-electron chi connectivity index (χ1n) is 10.5. The summed E-state index contributed by atoms with van der Waals surface area (Å²) in [7, 11) is 0. The molecule has 33 heavy (non-hydrogen) atoms. The molecule has 2 aromatic carbocycles. The molecule has 5 rings (SSSR count). The molecule has 3 aromatic heterocycles. The van der Waals surface area contributed by atoms with Crippen molar-refractivity contribution in [2.24, 2.45) is 0 Å². The lowest BCUT2D eigenvalue weighted by Crippen LogP contribution is -2.22. The van der Waals surface area contributed by atoms with Crippen molar-refractivity contribution in [3.8, 4) is 5.69 Å². The van der Waals surface area contributed by atoms with Gasteiger partial charge in [0, 0.05) is 4.88 Å². The van der Waals surface area contributed by atoms with Crippen molar-refractivity contribution in [1.82, 2.24) is 19.5 Å². The molecule has 0 spiro atoms. The average molecular weight is 475 g/mol. The molecule has 0 aliphatic rings. The molecule has 5 aromatic rings. The number of thioether (sulfide) groups is 1. The minimum absolute atomic E-state index is 0.116. The molecule has 0 saturated heterocycles. The first-order chi connectivity index (χ1) is 15.8. The molecule has 166 valence electrons. The van der Waals surface area contributed by atoms with Crippen molar-refractivity contribution in [3.63, 3.8) is 0 Å². The minimum Gasteiger partial charge on any atom is -0.309 e. The van der Waals surface area contributed by atoms with Crippen LogP contribution in [0.25, 0.3) is 26.8 Å². The molecule has 0 radical (unpaired) electrons. The van der Waals surface area contributed by atoms with E-state index in [0.717, 1.165) is 32.1 Å². The van der Waals surface area contributed by atoms with E-state index in [1.54, 1.807) is 10.6 Å². The van der Waals surface area contributed by atoms with Crippen LogP contribution < -0.4 is 11.1 Å². The summed E-state index contributed by atoms with van der Waals surface area (Å²) in [4.78, 5) is 40.4. The second-order valence-electron chi connectivity index (χ2n) is 8.16. The van der Waals surface area contributed by atoms with Crippen LogP contribution in [0.15, 0.2) is 57.2 Å². The molecule has 0 amide bonds. The van der Waals surface area contributed by atoms with E-state index >= 15 is 0 Å². The van der Waals surface area contributed by atoms with Gasteiger partial charge in [-0.3, -0.25) is 14.2 Å². The summed E-state index contributed by atoms with van der Waals surface area (Å²) in [5.41, 5.74) is 4.29. The summed E-state index contributed by atoms with van der Waals surface area (Å²) in [5, 5.41) is 1.78. The number of nitrogens with zero attached hydrogens (tertiary/aromatic N) is 3. The zero-order valence-electron chi connectivity index (χ0n) is 18.7. The van der Waals surface area contributed by atoms with Gasteiger partial charge in [0.1, 0.15) is 10.7 Å². The average Bonchev–Trinajstić information content (AvgIpc) is 3.05. The first kappa shape index (κ1) is 21.6. The van der Waals surface area contributed by atoms with Gasteiger partial charge in [-0.1, -0.05) is 30.0 Å². The fourth-order valence-electron chi connectivity index (χ4n) is 4.02. The van der Waals surface area contributed by atoms with Crippen LogP contribution in [-0.4, -0.2) is 19.5 Å². The van der Waals surface area contributed by atoms with Gasteiger partial charge in [-0.15, -0.1) is 11.3 Å². The second kappa shape index (κ2) is 8.28. The Balaban J connectivity index is 1.63. The standard InChI is InChI=1S/C25H22N4O2S2/c1-13-9-14(2)11-17(10-13)29-24(31)18-7-5-6-8-19(18)26-25(29)32-12-20-27-22(30)21-15(3)16(4)33-23(21)28-20/h5-11H,12H2,1-4H3,(H,27,28,30). The SMILES string of the molecule is Cc1cc(C)cc(-n2c(SCc3nc4sc(C)c(C)c4c(=O)[nH]3)nc3ccccc3c2=O)c1. The summed E-state index contributed by atoms with van der Waals surface area (Å²) in [6.45, 7) is 7.97. The predicted molar refractivity (Wildman–Crippen MR) is 136 cm³/mol.